The lowest BCUT2D eigenvalue weighted by Crippen LogP contribution is -2.29. The zero-order valence-corrected chi connectivity index (χ0v) is 15.5. The molecule has 0 unspecified atom stereocenters. The Balaban J connectivity index is 1.89. The Bertz CT molecular complexity index is 901. The van der Waals surface area contributed by atoms with Gasteiger partial charge in [-0.3, -0.25) is 4.79 Å². The Kier molecular flexibility index (Phi) is 5.56. The number of imidazole rings is 1. The highest BCUT2D eigenvalue weighted by molar-refractivity contribution is 5.97. The molecule has 1 heterocycles. The number of para-hydroxylation sites is 3. The summed E-state index contributed by atoms with van der Waals surface area (Å²) in [5.41, 5.74) is 2.59. The second-order valence-corrected chi connectivity index (χ2v) is 6.36. The highest BCUT2D eigenvalue weighted by Gasteiger charge is 2.20. The number of benzene rings is 2. The third kappa shape index (κ3) is 3.57. The molecule has 5 heteroatoms. The maximum Gasteiger partial charge on any atom is 0.255 e. The van der Waals surface area contributed by atoms with E-state index in [2.05, 4.69) is 22.9 Å². The van der Waals surface area contributed by atoms with Crippen LogP contribution in [0.2, 0.25) is 0 Å². The minimum absolute atomic E-state index is 0.163. The van der Waals surface area contributed by atoms with E-state index in [0.29, 0.717) is 11.3 Å². The number of aryl methyl sites for hydroxylation is 1. The number of carbonyl (C=O) groups is 1. The van der Waals surface area contributed by atoms with Gasteiger partial charge in [-0.25, -0.2) is 4.98 Å². The first-order valence-corrected chi connectivity index (χ1v) is 9.04. The van der Waals surface area contributed by atoms with Crippen LogP contribution >= 0.6 is 0 Å². The number of nitrogens with one attached hydrogen (secondary N) is 1. The van der Waals surface area contributed by atoms with Crippen molar-refractivity contribution in [3.05, 3.63) is 59.9 Å². The van der Waals surface area contributed by atoms with Crippen LogP contribution in [0.15, 0.2) is 48.5 Å². The monoisotopic (exact) mass is 351 g/mol. The Labute approximate surface area is 154 Å². The van der Waals surface area contributed by atoms with Crippen molar-refractivity contribution < 1.29 is 9.53 Å². The fraction of sp³-hybridized carbons (Fsp3) is 0.333. The van der Waals surface area contributed by atoms with Gasteiger partial charge in [-0.15, -0.1) is 0 Å². The average molecular weight is 351 g/mol. The normalized spacial score (nSPS) is 12.1. The molecule has 0 saturated heterocycles. The van der Waals surface area contributed by atoms with Crippen molar-refractivity contribution in [3.63, 3.8) is 0 Å². The number of nitrogens with zero attached hydrogens (tertiary/aromatic N) is 2. The van der Waals surface area contributed by atoms with Crippen LogP contribution in [-0.2, 0) is 6.54 Å². The summed E-state index contributed by atoms with van der Waals surface area (Å²) in [7, 11) is 1.57. The summed E-state index contributed by atoms with van der Waals surface area (Å²) >= 11 is 0. The SMILES string of the molecule is CCCCn1c([C@@H](C)NC(=O)c2ccccc2OC)nc2ccccc21. The molecular weight excluding hydrogens is 326 g/mol. The van der Waals surface area contributed by atoms with Crippen LogP contribution in [0.4, 0.5) is 0 Å². The third-order valence-electron chi connectivity index (χ3n) is 4.51. The van der Waals surface area contributed by atoms with E-state index >= 15 is 0 Å². The lowest BCUT2D eigenvalue weighted by Gasteiger charge is -2.17. The number of hydrogen-bond acceptors (Lipinski definition) is 3. The molecule has 0 aliphatic rings. The van der Waals surface area contributed by atoms with Crippen LogP contribution in [0.5, 0.6) is 5.75 Å². The number of carbonyl (C=O) groups excluding carboxylic acids is 1. The fourth-order valence-corrected chi connectivity index (χ4v) is 3.15. The maximum atomic E-state index is 12.7. The predicted octanol–water partition coefficient (Wildman–Crippen LogP) is 4.34. The van der Waals surface area contributed by atoms with Crippen LogP contribution < -0.4 is 10.1 Å². The number of fused-ring (bicyclic) bond motifs is 1. The topological polar surface area (TPSA) is 56.2 Å². The van der Waals surface area contributed by atoms with Gasteiger partial charge in [-0.05, 0) is 37.6 Å². The molecule has 1 amide bonds. The zero-order chi connectivity index (χ0) is 18.5. The second-order valence-electron chi connectivity index (χ2n) is 6.36. The highest BCUT2D eigenvalue weighted by atomic mass is 16.5. The summed E-state index contributed by atoms with van der Waals surface area (Å²) < 4.78 is 7.51. The first kappa shape index (κ1) is 18.0. The Hall–Kier alpha value is -2.82. The van der Waals surface area contributed by atoms with Crippen molar-refractivity contribution >= 4 is 16.9 Å². The summed E-state index contributed by atoms with van der Waals surface area (Å²) in [6.07, 6.45) is 2.18. The molecule has 0 bridgehead atoms. The van der Waals surface area contributed by atoms with Crippen molar-refractivity contribution in [2.75, 3.05) is 7.11 Å². The third-order valence-corrected chi connectivity index (χ3v) is 4.51. The lowest BCUT2D eigenvalue weighted by molar-refractivity contribution is 0.0934. The summed E-state index contributed by atoms with van der Waals surface area (Å²) in [5.74, 6) is 1.28. The van der Waals surface area contributed by atoms with Crippen LogP contribution in [-0.4, -0.2) is 22.6 Å². The van der Waals surface area contributed by atoms with Crippen molar-refractivity contribution in [2.45, 2.75) is 39.3 Å². The van der Waals surface area contributed by atoms with Crippen molar-refractivity contribution in [2.24, 2.45) is 0 Å². The van der Waals surface area contributed by atoms with E-state index in [0.717, 1.165) is 36.2 Å². The molecule has 0 aliphatic heterocycles. The van der Waals surface area contributed by atoms with E-state index in [-0.39, 0.29) is 11.9 Å². The smallest absolute Gasteiger partial charge is 0.255 e. The molecule has 0 spiro atoms. The quantitative estimate of drug-likeness (QED) is 0.689. The molecule has 1 aromatic heterocycles. The number of rotatable bonds is 7. The van der Waals surface area contributed by atoms with Crippen molar-refractivity contribution in [3.8, 4) is 5.75 Å². The minimum atomic E-state index is -0.211. The predicted molar refractivity (Wildman–Crippen MR) is 104 cm³/mol. The first-order chi connectivity index (χ1) is 12.7. The van der Waals surface area contributed by atoms with Gasteiger partial charge in [0.15, 0.2) is 0 Å². The van der Waals surface area contributed by atoms with Gasteiger partial charge in [0.05, 0.1) is 29.7 Å². The average Bonchev–Trinajstić information content (AvgIpc) is 3.05. The van der Waals surface area contributed by atoms with Gasteiger partial charge in [0.1, 0.15) is 11.6 Å². The molecular formula is C21H25N3O2. The molecule has 2 aromatic carbocycles. The molecule has 0 saturated carbocycles. The Morgan fingerprint density at radius 3 is 2.69 bits per heavy atom. The van der Waals surface area contributed by atoms with Gasteiger partial charge in [-0.1, -0.05) is 37.6 Å². The van der Waals surface area contributed by atoms with E-state index in [4.69, 9.17) is 9.72 Å². The lowest BCUT2D eigenvalue weighted by atomic mass is 10.1. The molecule has 3 rings (SSSR count). The largest absolute Gasteiger partial charge is 0.496 e. The maximum absolute atomic E-state index is 12.7. The van der Waals surface area contributed by atoms with E-state index < -0.39 is 0 Å². The molecule has 5 nitrogen and oxygen atoms in total. The summed E-state index contributed by atoms with van der Waals surface area (Å²) in [5, 5.41) is 3.06. The van der Waals surface area contributed by atoms with Crippen molar-refractivity contribution in [1.29, 1.82) is 0 Å². The number of amides is 1. The fourth-order valence-electron chi connectivity index (χ4n) is 3.15. The van der Waals surface area contributed by atoms with Gasteiger partial charge >= 0.3 is 0 Å². The Morgan fingerprint density at radius 1 is 1.19 bits per heavy atom. The molecule has 1 atom stereocenters. The minimum Gasteiger partial charge on any atom is -0.496 e. The molecule has 26 heavy (non-hydrogen) atoms. The highest BCUT2D eigenvalue weighted by Crippen LogP contribution is 2.23. The van der Waals surface area contributed by atoms with Gasteiger partial charge in [0.2, 0.25) is 0 Å². The van der Waals surface area contributed by atoms with E-state index in [1.807, 2.05) is 37.3 Å². The summed E-state index contributed by atoms with van der Waals surface area (Å²) in [6.45, 7) is 5.03. The van der Waals surface area contributed by atoms with Crippen molar-refractivity contribution in [1.82, 2.24) is 14.9 Å². The number of methoxy groups -OCH3 is 1. The molecule has 1 N–H and O–H groups in total. The number of ether oxygens (including phenoxy) is 1. The van der Waals surface area contributed by atoms with Crippen LogP contribution in [0.3, 0.4) is 0 Å². The number of hydrogen-bond donors (Lipinski definition) is 1. The van der Waals surface area contributed by atoms with Crippen LogP contribution in [0, 0.1) is 0 Å². The molecule has 0 radical (unpaired) electrons. The zero-order valence-electron chi connectivity index (χ0n) is 15.5. The molecule has 0 aliphatic carbocycles. The van der Waals surface area contributed by atoms with Gasteiger partial charge in [-0.2, -0.15) is 0 Å². The van der Waals surface area contributed by atoms with E-state index in [9.17, 15) is 4.79 Å². The second kappa shape index (κ2) is 8.04. The van der Waals surface area contributed by atoms with E-state index in [1.165, 1.54) is 0 Å². The summed E-state index contributed by atoms with van der Waals surface area (Å²) in [4.78, 5) is 17.5. The molecule has 136 valence electrons. The van der Waals surface area contributed by atoms with Gasteiger partial charge in [0, 0.05) is 6.54 Å². The number of aromatic nitrogens is 2. The van der Waals surface area contributed by atoms with Crippen LogP contribution in [0.25, 0.3) is 11.0 Å². The van der Waals surface area contributed by atoms with E-state index in [1.54, 1.807) is 19.2 Å². The van der Waals surface area contributed by atoms with Gasteiger partial charge < -0.3 is 14.6 Å². The first-order valence-electron chi connectivity index (χ1n) is 9.04. The Morgan fingerprint density at radius 2 is 1.92 bits per heavy atom. The van der Waals surface area contributed by atoms with Crippen LogP contribution in [0.1, 0.15) is 48.9 Å². The number of unbranched alkanes of at least 4 members (excludes halogenated alkanes) is 1. The standard InChI is InChI=1S/C21H25N3O2/c1-4-5-14-24-18-12-8-7-11-17(18)23-20(24)15(2)22-21(25)16-10-6-9-13-19(16)26-3/h6-13,15H,4-5,14H2,1-3H3,(H,22,25)/t15-/m1/s1. The molecule has 3 aromatic rings. The summed E-state index contributed by atoms with van der Waals surface area (Å²) in [6, 6.07) is 15.1. The van der Waals surface area contributed by atoms with Gasteiger partial charge in [0.25, 0.3) is 5.91 Å². The molecule has 0 fully saturated rings.